The van der Waals surface area contributed by atoms with E-state index in [4.69, 9.17) is 0 Å². The largest absolute Gasteiger partial charge is 0.417 e. The fraction of sp³-hybridized carbons (Fsp3) is 0.0185. The quantitative estimate of drug-likeness (QED) is 0.171. The molecule has 2 heterocycles. The summed E-state index contributed by atoms with van der Waals surface area (Å²) in [5.41, 5.74) is 6.08. The summed E-state index contributed by atoms with van der Waals surface area (Å²) in [4.78, 5) is 0. The maximum Gasteiger partial charge on any atom is 0.417 e. The van der Waals surface area contributed by atoms with Gasteiger partial charge in [-0.25, -0.2) is 0 Å². The van der Waals surface area contributed by atoms with Crippen LogP contribution in [0.4, 0.5) is 13.2 Å². The molecule has 2 aromatic heterocycles. The van der Waals surface area contributed by atoms with Crippen LogP contribution in [0.25, 0.3) is 88.4 Å². The van der Waals surface area contributed by atoms with Crippen LogP contribution in [-0.4, -0.2) is 9.13 Å². The average Bonchev–Trinajstić information content (AvgIpc) is 3.84. The van der Waals surface area contributed by atoms with Crippen LogP contribution in [0.5, 0.6) is 0 Å². The fourth-order valence-electron chi connectivity index (χ4n) is 8.88. The Balaban J connectivity index is 1.37. The molecule has 0 saturated heterocycles. The van der Waals surface area contributed by atoms with Gasteiger partial charge in [0.25, 0.3) is 0 Å². The summed E-state index contributed by atoms with van der Waals surface area (Å²) in [6, 6.07) is 55.6. The van der Waals surface area contributed by atoms with Gasteiger partial charge < -0.3 is 9.13 Å². The van der Waals surface area contributed by atoms with Gasteiger partial charge in [-0.15, -0.1) is 0 Å². The van der Waals surface area contributed by atoms with Crippen LogP contribution >= 0.6 is 0 Å². The molecule has 0 saturated carbocycles. The van der Waals surface area contributed by atoms with Gasteiger partial charge in [-0.3, -0.25) is 0 Å². The second-order valence-corrected chi connectivity index (χ2v) is 15.2. The highest BCUT2D eigenvalue weighted by Gasteiger charge is 2.36. The minimum absolute atomic E-state index is 0.137. The van der Waals surface area contributed by atoms with E-state index in [1.807, 2.05) is 94.1 Å². The molecule has 0 aliphatic carbocycles. The molecule has 0 spiro atoms. The van der Waals surface area contributed by atoms with Crippen LogP contribution in [0.1, 0.15) is 33.4 Å². The number of fused-ring (bicyclic) bond motifs is 6. The first kappa shape index (κ1) is 38.8. The van der Waals surface area contributed by atoms with Crippen molar-refractivity contribution in [3.8, 4) is 75.1 Å². The highest BCUT2D eigenvalue weighted by Crippen LogP contribution is 2.46. The van der Waals surface area contributed by atoms with E-state index in [-0.39, 0.29) is 27.9 Å². The van der Waals surface area contributed by atoms with Crippen LogP contribution in [-0.2, 0) is 6.18 Å². The summed E-state index contributed by atoms with van der Waals surface area (Å²) in [6.07, 6.45) is -4.85. The number of rotatable bonds is 5. The molecule has 10 aromatic rings. The monoisotopic (exact) mass is 829 g/mol. The molecule has 0 unspecified atom stereocenters. The number of benzene rings is 8. The standard InChI is InChI=1S/C54H26F3N7/c55-54(56,57)47-26-53(64-49-11-4-2-9-43(49)45-19-15-37(24-51(45)64)41-17-13-34(29-60)22-39(41)31-62)52(25-46(47)35-7-5-6-32(20-35)27-58)63-48-10-3-1-8-42(48)44-18-14-36(23-50(44)63)40-16-12-33(28-59)21-38(40)30-61/h1-26H. The van der Waals surface area contributed by atoms with E-state index in [1.54, 1.807) is 42.5 Å². The number of alkyl halides is 3. The molecule has 10 heteroatoms. The van der Waals surface area contributed by atoms with Crippen molar-refractivity contribution in [1.29, 1.82) is 26.3 Å². The molecule has 0 atom stereocenters. The van der Waals surface area contributed by atoms with Gasteiger partial charge in [0.2, 0.25) is 0 Å². The topological polar surface area (TPSA) is 129 Å². The van der Waals surface area contributed by atoms with Gasteiger partial charge in [0.15, 0.2) is 0 Å². The minimum atomic E-state index is -4.85. The highest BCUT2D eigenvalue weighted by molar-refractivity contribution is 6.13. The predicted molar refractivity (Wildman–Crippen MR) is 240 cm³/mol. The summed E-state index contributed by atoms with van der Waals surface area (Å²) in [5.74, 6) is 0. The second-order valence-electron chi connectivity index (χ2n) is 15.2. The number of nitriles is 5. The smallest absolute Gasteiger partial charge is 0.307 e. The summed E-state index contributed by atoms with van der Waals surface area (Å²) in [7, 11) is 0. The Morgan fingerprint density at radius 3 is 1.30 bits per heavy atom. The van der Waals surface area contributed by atoms with Crippen LogP contribution < -0.4 is 0 Å². The average molecular weight is 830 g/mol. The highest BCUT2D eigenvalue weighted by atomic mass is 19.4. The summed E-state index contributed by atoms with van der Waals surface area (Å²) >= 11 is 0. The third-order valence-corrected chi connectivity index (χ3v) is 11.7. The van der Waals surface area contributed by atoms with E-state index in [1.165, 1.54) is 30.3 Å². The van der Waals surface area contributed by atoms with E-state index in [9.17, 15) is 26.3 Å². The van der Waals surface area contributed by atoms with Gasteiger partial charge >= 0.3 is 6.18 Å². The van der Waals surface area contributed by atoms with Crippen LogP contribution in [0.15, 0.2) is 158 Å². The zero-order chi connectivity index (χ0) is 44.3. The molecule has 0 fully saturated rings. The minimum Gasteiger partial charge on any atom is -0.307 e. The van der Waals surface area contributed by atoms with Gasteiger partial charge in [0, 0.05) is 21.5 Å². The third kappa shape index (κ3) is 6.17. The lowest BCUT2D eigenvalue weighted by Crippen LogP contribution is -2.12. The molecular weight excluding hydrogens is 804 g/mol. The molecular formula is C54H26F3N7. The van der Waals surface area contributed by atoms with Crippen molar-refractivity contribution in [2.24, 2.45) is 0 Å². The first-order valence-corrected chi connectivity index (χ1v) is 19.9. The molecule has 0 N–H and O–H groups in total. The Hall–Kier alpha value is -9.40. The van der Waals surface area contributed by atoms with E-state index in [2.05, 4.69) is 30.3 Å². The molecule has 0 radical (unpaired) electrons. The van der Waals surface area contributed by atoms with E-state index >= 15 is 13.2 Å². The molecule has 298 valence electrons. The number of para-hydroxylation sites is 2. The zero-order valence-corrected chi connectivity index (χ0v) is 33.3. The van der Waals surface area contributed by atoms with Crippen molar-refractivity contribution < 1.29 is 13.2 Å². The number of nitrogens with zero attached hydrogens (tertiary/aromatic N) is 7. The van der Waals surface area contributed by atoms with Crippen molar-refractivity contribution in [3.63, 3.8) is 0 Å². The molecule has 0 bridgehead atoms. The molecule has 0 amide bonds. The van der Waals surface area contributed by atoms with Crippen molar-refractivity contribution in [2.75, 3.05) is 0 Å². The van der Waals surface area contributed by atoms with E-state index in [0.717, 1.165) is 21.5 Å². The lowest BCUT2D eigenvalue weighted by Gasteiger charge is -2.22. The Morgan fingerprint density at radius 2 is 0.812 bits per heavy atom. The lowest BCUT2D eigenvalue weighted by molar-refractivity contribution is -0.137. The third-order valence-electron chi connectivity index (χ3n) is 11.7. The van der Waals surface area contributed by atoms with Gasteiger partial charge in [-0.2, -0.15) is 39.5 Å². The van der Waals surface area contributed by atoms with Crippen molar-refractivity contribution >= 4 is 43.6 Å². The fourth-order valence-corrected chi connectivity index (χ4v) is 8.88. The second kappa shape index (κ2) is 14.9. The maximum absolute atomic E-state index is 15.8. The first-order chi connectivity index (χ1) is 31.1. The van der Waals surface area contributed by atoms with E-state index < -0.39 is 11.7 Å². The van der Waals surface area contributed by atoms with Gasteiger partial charge in [-0.1, -0.05) is 84.9 Å². The Kier molecular flexibility index (Phi) is 9.06. The van der Waals surface area contributed by atoms with Crippen LogP contribution in [0, 0.1) is 56.7 Å². The number of aromatic nitrogens is 2. The summed E-state index contributed by atoms with van der Waals surface area (Å²) in [5, 5.41) is 52.5. The number of hydrogen-bond donors (Lipinski definition) is 0. The van der Waals surface area contributed by atoms with Gasteiger partial charge in [0.05, 0.1) is 97.2 Å². The number of halogens is 3. The van der Waals surface area contributed by atoms with E-state index in [0.29, 0.717) is 66.7 Å². The molecule has 10 rings (SSSR count). The Morgan fingerprint density at radius 1 is 0.359 bits per heavy atom. The van der Waals surface area contributed by atoms with Crippen molar-refractivity contribution in [3.05, 3.63) is 191 Å². The SMILES string of the molecule is N#Cc1cccc(-c2cc(-n3c4ccccc4c4ccc(-c5ccc(C#N)cc5C#N)cc43)c(-n3c4ccccc4c4ccc(-c5ccc(C#N)cc5C#N)cc43)cc2C(F)(F)F)c1. The first-order valence-electron chi connectivity index (χ1n) is 19.9. The zero-order valence-electron chi connectivity index (χ0n) is 33.3. The Bertz CT molecular complexity index is 3850. The van der Waals surface area contributed by atoms with Gasteiger partial charge in [-0.05, 0) is 106 Å². The van der Waals surface area contributed by atoms with Crippen molar-refractivity contribution in [2.45, 2.75) is 6.18 Å². The number of hydrogen-bond acceptors (Lipinski definition) is 5. The Labute approximate surface area is 363 Å². The van der Waals surface area contributed by atoms with Crippen LogP contribution in [0.3, 0.4) is 0 Å². The molecule has 64 heavy (non-hydrogen) atoms. The summed E-state index contributed by atoms with van der Waals surface area (Å²) in [6.45, 7) is 0. The molecule has 0 aliphatic rings. The molecule has 7 nitrogen and oxygen atoms in total. The lowest BCUT2D eigenvalue weighted by atomic mass is 9.95. The van der Waals surface area contributed by atoms with Crippen molar-refractivity contribution in [1.82, 2.24) is 9.13 Å². The van der Waals surface area contributed by atoms with Crippen LogP contribution in [0.2, 0.25) is 0 Å². The predicted octanol–water partition coefficient (Wildman–Crippen LogP) is 13.3. The normalized spacial score (nSPS) is 11.3. The maximum atomic E-state index is 15.8. The van der Waals surface area contributed by atoms with Gasteiger partial charge in [0.1, 0.15) is 0 Å². The molecule has 0 aliphatic heterocycles. The summed E-state index contributed by atoms with van der Waals surface area (Å²) < 4.78 is 51.0. The molecule has 8 aromatic carbocycles.